The van der Waals surface area contributed by atoms with E-state index in [1.54, 1.807) is 0 Å². The van der Waals surface area contributed by atoms with Gasteiger partial charge in [-0.15, -0.1) is 0 Å². The molecule has 0 spiro atoms. The maximum Gasteiger partial charge on any atom is 0.303 e. The zero-order valence-corrected chi connectivity index (χ0v) is 14.4. The molecule has 0 aromatic heterocycles. The van der Waals surface area contributed by atoms with E-state index in [1.807, 2.05) is 48.5 Å². The van der Waals surface area contributed by atoms with Crippen molar-refractivity contribution in [3.63, 3.8) is 0 Å². The summed E-state index contributed by atoms with van der Waals surface area (Å²) >= 11 is 0. The highest BCUT2D eigenvalue weighted by molar-refractivity contribution is 5.97. The van der Waals surface area contributed by atoms with E-state index in [0.29, 0.717) is 25.8 Å². The molecule has 6 nitrogen and oxygen atoms in total. The summed E-state index contributed by atoms with van der Waals surface area (Å²) in [5.41, 5.74) is 0.779. The van der Waals surface area contributed by atoms with Crippen molar-refractivity contribution in [1.29, 1.82) is 5.26 Å². The van der Waals surface area contributed by atoms with Crippen molar-refractivity contribution in [2.75, 3.05) is 11.9 Å². The third kappa shape index (κ3) is 5.95. The number of nitrogens with zero attached hydrogens (tertiary/aromatic N) is 1. The molecule has 6 heteroatoms. The molecule has 2 rings (SSSR count). The van der Waals surface area contributed by atoms with E-state index in [1.165, 1.54) is 6.20 Å². The van der Waals surface area contributed by atoms with Crippen LogP contribution in [0.3, 0.4) is 0 Å². The Morgan fingerprint density at radius 2 is 1.85 bits per heavy atom. The van der Waals surface area contributed by atoms with Crippen molar-refractivity contribution < 1.29 is 14.7 Å². The van der Waals surface area contributed by atoms with Gasteiger partial charge in [-0.1, -0.05) is 36.8 Å². The fourth-order valence-electron chi connectivity index (χ4n) is 2.46. The molecular weight excluding hydrogens is 330 g/mol. The lowest BCUT2D eigenvalue weighted by atomic mass is 10.1. The Hall–Kier alpha value is -3.33. The number of hydrogen-bond acceptors (Lipinski definition) is 4. The molecule has 26 heavy (non-hydrogen) atoms. The first-order valence-corrected chi connectivity index (χ1v) is 8.46. The van der Waals surface area contributed by atoms with Crippen LogP contribution in [0.15, 0.2) is 54.2 Å². The second-order valence-corrected chi connectivity index (χ2v) is 5.84. The number of rotatable bonds is 9. The molecule has 0 saturated heterocycles. The van der Waals surface area contributed by atoms with Crippen LogP contribution in [0, 0.1) is 11.3 Å². The number of aliphatic carboxylic acids is 1. The van der Waals surface area contributed by atoms with Crippen LogP contribution >= 0.6 is 0 Å². The van der Waals surface area contributed by atoms with E-state index in [9.17, 15) is 9.59 Å². The van der Waals surface area contributed by atoms with Gasteiger partial charge in [0.1, 0.15) is 11.6 Å². The maximum atomic E-state index is 12.0. The van der Waals surface area contributed by atoms with Crippen LogP contribution in [0.4, 0.5) is 5.69 Å². The van der Waals surface area contributed by atoms with Gasteiger partial charge in [0.25, 0.3) is 5.91 Å². The van der Waals surface area contributed by atoms with Crippen LogP contribution in [-0.4, -0.2) is 23.5 Å². The summed E-state index contributed by atoms with van der Waals surface area (Å²) < 4.78 is 0. The normalized spacial score (nSPS) is 11.0. The minimum atomic E-state index is -0.816. The van der Waals surface area contributed by atoms with Crippen LogP contribution in [0.25, 0.3) is 10.8 Å². The highest BCUT2D eigenvalue weighted by Crippen LogP contribution is 2.19. The number of carboxylic acid groups (broad SMARTS) is 1. The van der Waals surface area contributed by atoms with Crippen molar-refractivity contribution >= 4 is 28.3 Å². The first-order valence-electron chi connectivity index (χ1n) is 8.46. The van der Waals surface area contributed by atoms with Crippen molar-refractivity contribution in [3.05, 3.63) is 54.2 Å². The fraction of sp³-hybridized carbons (Fsp3) is 0.250. The Morgan fingerprint density at radius 1 is 1.08 bits per heavy atom. The second-order valence-electron chi connectivity index (χ2n) is 5.84. The first kappa shape index (κ1) is 19.0. The van der Waals surface area contributed by atoms with Gasteiger partial charge in [0.05, 0.1) is 0 Å². The smallest absolute Gasteiger partial charge is 0.303 e. The maximum absolute atomic E-state index is 12.0. The number of carbonyl (C=O) groups excluding carboxylic acids is 1. The number of carboxylic acids is 1. The largest absolute Gasteiger partial charge is 0.481 e. The second kappa shape index (κ2) is 9.84. The zero-order valence-electron chi connectivity index (χ0n) is 14.4. The summed E-state index contributed by atoms with van der Waals surface area (Å²) in [7, 11) is 0. The van der Waals surface area contributed by atoms with Gasteiger partial charge in [-0.05, 0) is 35.7 Å². The quantitative estimate of drug-likeness (QED) is 0.365. The summed E-state index contributed by atoms with van der Waals surface area (Å²) in [5, 5.41) is 25.5. The molecule has 0 radical (unpaired) electrons. The van der Waals surface area contributed by atoms with Gasteiger partial charge in [0, 0.05) is 24.9 Å². The molecule has 0 aliphatic heterocycles. The van der Waals surface area contributed by atoms with Crippen molar-refractivity contribution in [1.82, 2.24) is 5.32 Å². The number of nitrogens with one attached hydrogen (secondary N) is 2. The molecule has 0 fully saturated rings. The van der Waals surface area contributed by atoms with Gasteiger partial charge in [0.15, 0.2) is 0 Å². The van der Waals surface area contributed by atoms with Crippen LogP contribution in [0.2, 0.25) is 0 Å². The molecule has 134 valence electrons. The number of hydrogen-bond donors (Lipinski definition) is 3. The van der Waals surface area contributed by atoms with Crippen molar-refractivity contribution in [3.8, 4) is 6.07 Å². The molecular formula is C20H21N3O3. The molecule has 0 saturated carbocycles. The number of amides is 1. The predicted octanol–water partition coefficient (Wildman–Crippen LogP) is 3.42. The van der Waals surface area contributed by atoms with E-state index < -0.39 is 11.9 Å². The minimum absolute atomic E-state index is 0.0105. The van der Waals surface area contributed by atoms with Crippen LogP contribution in [0.5, 0.6) is 0 Å². The minimum Gasteiger partial charge on any atom is -0.481 e. The lowest BCUT2D eigenvalue weighted by Gasteiger charge is -2.06. The molecule has 0 aliphatic carbocycles. The summed E-state index contributed by atoms with van der Waals surface area (Å²) in [6.07, 6.45) is 3.50. The number of nitriles is 1. The first-order chi connectivity index (χ1) is 12.6. The van der Waals surface area contributed by atoms with Crippen LogP contribution < -0.4 is 10.6 Å². The summed E-state index contributed by atoms with van der Waals surface area (Å²) in [6.45, 7) is 0.410. The molecule has 0 heterocycles. The van der Waals surface area contributed by atoms with Gasteiger partial charge in [0.2, 0.25) is 0 Å². The van der Waals surface area contributed by atoms with Gasteiger partial charge in [-0.3, -0.25) is 9.59 Å². The number of fused-ring (bicyclic) bond motifs is 1. The Morgan fingerprint density at radius 3 is 2.58 bits per heavy atom. The molecule has 0 atom stereocenters. The topological polar surface area (TPSA) is 102 Å². The van der Waals surface area contributed by atoms with Crippen molar-refractivity contribution in [2.24, 2.45) is 0 Å². The van der Waals surface area contributed by atoms with E-state index >= 15 is 0 Å². The third-order valence-corrected chi connectivity index (χ3v) is 3.85. The SMILES string of the molecule is N#C/C(=C/Nc1ccc2ccccc2c1)C(=O)NCCCCCC(=O)O. The molecule has 2 aromatic rings. The van der Waals surface area contributed by atoms with E-state index in [-0.39, 0.29) is 12.0 Å². The lowest BCUT2D eigenvalue weighted by Crippen LogP contribution is -2.26. The molecule has 2 aromatic carbocycles. The Balaban J connectivity index is 1.85. The van der Waals surface area contributed by atoms with E-state index in [4.69, 9.17) is 10.4 Å². The van der Waals surface area contributed by atoms with Crippen LogP contribution in [0.1, 0.15) is 25.7 Å². The van der Waals surface area contributed by atoms with Gasteiger partial charge >= 0.3 is 5.97 Å². The van der Waals surface area contributed by atoms with Gasteiger partial charge < -0.3 is 15.7 Å². The third-order valence-electron chi connectivity index (χ3n) is 3.85. The van der Waals surface area contributed by atoms with E-state index in [0.717, 1.165) is 16.5 Å². The van der Waals surface area contributed by atoms with Gasteiger partial charge in [-0.2, -0.15) is 5.26 Å². The average Bonchev–Trinajstić information content (AvgIpc) is 2.64. The zero-order chi connectivity index (χ0) is 18.8. The van der Waals surface area contributed by atoms with E-state index in [2.05, 4.69) is 10.6 Å². The van der Waals surface area contributed by atoms with Crippen LogP contribution in [-0.2, 0) is 9.59 Å². The lowest BCUT2D eigenvalue weighted by molar-refractivity contribution is -0.137. The Bertz CT molecular complexity index is 853. The fourth-order valence-corrected chi connectivity index (χ4v) is 2.46. The van der Waals surface area contributed by atoms with Crippen molar-refractivity contribution in [2.45, 2.75) is 25.7 Å². The Labute approximate surface area is 152 Å². The monoisotopic (exact) mass is 351 g/mol. The Kier molecular flexibility index (Phi) is 7.19. The van der Waals surface area contributed by atoms with Gasteiger partial charge in [-0.25, -0.2) is 0 Å². The molecule has 0 unspecified atom stereocenters. The molecule has 3 N–H and O–H groups in total. The summed E-state index contributed by atoms with van der Waals surface area (Å²) in [5.74, 6) is -1.26. The summed E-state index contributed by atoms with van der Waals surface area (Å²) in [4.78, 5) is 22.4. The molecule has 0 bridgehead atoms. The molecule has 0 aliphatic rings. The summed E-state index contributed by atoms with van der Waals surface area (Å²) in [6, 6.07) is 15.6. The highest BCUT2D eigenvalue weighted by atomic mass is 16.4. The number of benzene rings is 2. The average molecular weight is 351 g/mol. The molecule has 1 amide bonds. The highest BCUT2D eigenvalue weighted by Gasteiger charge is 2.08. The number of anilines is 1. The predicted molar refractivity (Wildman–Crippen MR) is 100 cm³/mol. The number of unbranched alkanes of at least 4 members (excludes halogenated alkanes) is 2. The number of carbonyl (C=O) groups is 2. The standard InChI is InChI=1S/C20H21N3O3/c21-13-17(20(26)22-11-5-1-2-8-19(24)25)14-23-18-10-9-15-6-3-4-7-16(15)12-18/h3-4,6-7,9-10,12,14,23H,1-2,5,8,11H2,(H,22,26)(H,24,25)/b17-14-.